The van der Waals surface area contributed by atoms with Gasteiger partial charge >= 0.3 is 0 Å². The second kappa shape index (κ2) is 6.79. The first-order valence-corrected chi connectivity index (χ1v) is 6.58. The Labute approximate surface area is 120 Å². The van der Waals surface area contributed by atoms with Crippen molar-refractivity contribution in [2.45, 2.75) is 20.5 Å². The van der Waals surface area contributed by atoms with Gasteiger partial charge < -0.3 is 9.84 Å². The molecule has 1 N–H and O–H groups in total. The standard InChI is InChI=1S/C18H18O2/c1-14-10-15(2)12-16(11-14)13-20-18-8-4-3-6-17(18)7-5-9-19/h3-4,6,8,10-12,19H,9,13H2,1-2H3. The fourth-order valence-corrected chi connectivity index (χ4v) is 2.14. The SMILES string of the molecule is Cc1cc(C)cc(COc2ccccc2C#CCO)c1. The average molecular weight is 266 g/mol. The van der Waals surface area contributed by atoms with Crippen LogP contribution in [0.5, 0.6) is 5.75 Å². The van der Waals surface area contributed by atoms with E-state index in [1.807, 2.05) is 24.3 Å². The van der Waals surface area contributed by atoms with Gasteiger partial charge in [0, 0.05) is 0 Å². The van der Waals surface area contributed by atoms with Crippen molar-refractivity contribution in [3.05, 3.63) is 64.7 Å². The van der Waals surface area contributed by atoms with Crippen LogP contribution in [0.1, 0.15) is 22.3 Å². The monoisotopic (exact) mass is 266 g/mol. The Balaban J connectivity index is 2.14. The molecule has 0 unspecified atom stereocenters. The summed E-state index contributed by atoms with van der Waals surface area (Å²) in [5, 5.41) is 8.77. The van der Waals surface area contributed by atoms with Gasteiger partial charge in [0.1, 0.15) is 19.0 Å². The summed E-state index contributed by atoms with van der Waals surface area (Å²) in [4.78, 5) is 0. The summed E-state index contributed by atoms with van der Waals surface area (Å²) in [5.41, 5.74) is 4.41. The van der Waals surface area contributed by atoms with Crippen LogP contribution in [0, 0.1) is 25.7 Å². The zero-order valence-corrected chi connectivity index (χ0v) is 11.8. The van der Waals surface area contributed by atoms with Crippen LogP contribution in [0.3, 0.4) is 0 Å². The normalized spacial score (nSPS) is 9.75. The molecule has 20 heavy (non-hydrogen) atoms. The highest BCUT2D eigenvalue weighted by Gasteiger charge is 2.02. The Morgan fingerprint density at radius 1 is 1.05 bits per heavy atom. The maximum absolute atomic E-state index is 8.77. The molecule has 2 aromatic rings. The van der Waals surface area contributed by atoms with Gasteiger partial charge in [-0.25, -0.2) is 0 Å². The molecule has 0 spiro atoms. The smallest absolute Gasteiger partial charge is 0.135 e. The zero-order chi connectivity index (χ0) is 14.4. The van der Waals surface area contributed by atoms with Gasteiger partial charge in [-0.3, -0.25) is 0 Å². The largest absolute Gasteiger partial charge is 0.488 e. The maximum atomic E-state index is 8.77. The van der Waals surface area contributed by atoms with Gasteiger partial charge in [0.2, 0.25) is 0 Å². The topological polar surface area (TPSA) is 29.5 Å². The van der Waals surface area contributed by atoms with Crippen molar-refractivity contribution < 1.29 is 9.84 Å². The van der Waals surface area contributed by atoms with Gasteiger partial charge in [-0.1, -0.05) is 53.3 Å². The van der Waals surface area contributed by atoms with Crippen molar-refractivity contribution in [2.24, 2.45) is 0 Å². The van der Waals surface area contributed by atoms with E-state index in [4.69, 9.17) is 9.84 Å². The molecule has 2 rings (SSSR count). The molecule has 0 radical (unpaired) electrons. The molecule has 0 aliphatic rings. The predicted octanol–water partition coefficient (Wildman–Crippen LogP) is 3.23. The van der Waals surface area contributed by atoms with E-state index in [1.54, 1.807) is 0 Å². The number of hydrogen-bond acceptors (Lipinski definition) is 2. The first kappa shape index (κ1) is 14.2. The summed E-state index contributed by atoms with van der Waals surface area (Å²) in [6, 6.07) is 14.0. The highest BCUT2D eigenvalue weighted by atomic mass is 16.5. The third-order valence-corrected chi connectivity index (χ3v) is 2.86. The van der Waals surface area contributed by atoms with Gasteiger partial charge in [-0.15, -0.1) is 0 Å². The Hall–Kier alpha value is -2.24. The minimum Gasteiger partial charge on any atom is -0.488 e. The van der Waals surface area contributed by atoms with Gasteiger partial charge in [-0.05, 0) is 31.5 Å². The van der Waals surface area contributed by atoms with Crippen LogP contribution in [0.15, 0.2) is 42.5 Å². The van der Waals surface area contributed by atoms with Crippen LogP contribution < -0.4 is 4.74 Å². The Bertz CT molecular complexity index is 628. The van der Waals surface area contributed by atoms with Gasteiger partial charge in [-0.2, -0.15) is 0 Å². The van der Waals surface area contributed by atoms with Gasteiger partial charge in [0.25, 0.3) is 0 Å². The summed E-state index contributed by atoms with van der Waals surface area (Å²) in [7, 11) is 0. The van der Waals surface area contributed by atoms with Gasteiger partial charge in [0.05, 0.1) is 5.56 Å². The summed E-state index contributed by atoms with van der Waals surface area (Å²) in [6.45, 7) is 4.53. The molecule has 2 nitrogen and oxygen atoms in total. The van der Waals surface area contributed by atoms with Crippen LogP contribution in [-0.4, -0.2) is 11.7 Å². The lowest BCUT2D eigenvalue weighted by molar-refractivity contribution is 0.305. The van der Waals surface area contributed by atoms with E-state index >= 15 is 0 Å². The predicted molar refractivity (Wildman–Crippen MR) is 80.7 cm³/mol. The molecule has 0 saturated carbocycles. The Morgan fingerprint density at radius 2 is 1.75 bits per heavy atom. The van der Waals surface area contributed by atoms with Crippen molar-refractivity contribution in [1.82, 2.24) is 0 Å². The van der Waals surface area contributed by atoms with Crippen LogP contribution in [-0.2, 0) is 6.61 Å². The lowest BCUT2D eigenvalue weighted by Gasteiger charge is -2.09. The van der Waals surface area contributed by atoms with Crippen LogP contribution in [0.2, 0.25) is 0 Å². The number of para-hydroxylation sites is 1. The number of benzene rings is 2. The van der Waals surface area contributed by atoms with E-state index in [9.17, 15) is 0 Å². The van der Waals surface area contributed by atoms with E-state index in [1.165, 1.54) is 11.1 Å². The minimum atomic E-state index is -0.147. The van der Waals surface area contributed by atoms with E-state index in [0.717, 1.165) is 16.9 Å². The maximum Gasteiger partial charge on any atom is 0.135 e. The van der Waals surface area contributed by atoms with Crippen molar-refractivity contribution in [1.29, 1.82) is 0 Å². The molecule has 0 aromatic heterocycles. The van der Waals surface area contributed by atoms with Gasteiger partial charge in [0.15, 0.2) is 0 Å². The van der Waals surface area contributed by atoms with Crippen molar-refractivity contribution >= 4 is 0 Å². The summed E-state index contributed by atoms with van der Waals surface area (Å²) < 4.78 is 5.85. The zero-order valence-electron chi connectivity index (χ0n) is 11.8. The molecular formula is C18H18O2. The number of rotatable bonds is 3. The molecule has 0 bridgehead atoms. The fraction of sp³-hybridized carbons (Fsp3) is 0.222. The van der Waals surface area contributed by atoms with Crippen LogP contribution >= 0.6 is 0 Å². The molecule has 0 amide bonds. The highest BCUT2D eigenvalue weighted by Crippen LogP contribution is 2.19. The van der Waals surface area contributed by atoms with Crippen LogP contribution in [0.25, 0.3) is 0 Å². The molecule has 0 saturated heterocycles. The molecule has 0 aliphatic heterocycles. The van der Waals surface area contributed by atoms with E-state index in [2.05, 4.69) is 43.9 Å². The minimum absolute atomic E-state index is 0.147. The Kier molecular flexibility index (Phi) is 4.81. The number of hydrogen-bond donors (Lipinski definition) is 1. The molecular weight excluding hydrogens is 248 g/mol. The molecule has 102 valence electrons. The molecule has 2 aromatic carbocycles. The van der Waals surface area contributed by atoms with E-state index in [-0.39, 0.29) is 6.61 Å². The Morgan fingerprint density at radius 3 is 2.45 bits per heavy atom. The average Bonchev–Trinajstić information content (AvgIpc) is 2.43. The molecule has 0 atom stereocenters. The molecule has 0 heterocycles. The van der Waals surface area contributed by atoms with E-state index in [0.29, 0.717) is 6.61 Å². The molecule has 2 heteroatoms. The van der Waals surface area contributed by atoms with Crippen molar-refractivity contribution in [3.8, 4) is 17.6 Å². The third kappa shape index (κ3) is 3.88. The van der Waals surface area contributed by atoms with Crippen molar-refractivity contribution in [3.63, 3.8) is 0 Å². The summed E-state index contributed by atoms with van der Waals surface area (Å²) >= 11 is 0. The number of ether oxygens (including phenoxy) is 1. The summed E-state index contributed by atoms with van der Waals surface area (Å²) in [5.74, 6) is 6.29. The van der Waals surface area contributed by atoms with Crippen LogP contribution in [0.4, 0.5) is 0 Å². The quantitative estimate of drug-likeness (QED) is 0.864. The number of aryl methyl sites for hydroxylation is 2. The summed E-state index contributed by atoms with van der Waals surface area (Å²) in [6.07, 6.45) is 0. The molecule has 0 aliphatic carbocycles. The lowest BCUT2D eigenvalue weighted by atomic mass is 10.1. The highest BCUT2D eigenvalue weighted by molar-refractivity contribution is 5.46. The lowest BCUT2D eigenvalue weighted by Crippen LogP contribution is -1.98. The molecule has 0 fully saturated rings. The number of aliphatic hydroxyl groups excluding tert-OH is 1. The number of aliphatic hydroxyl groups is 1. The first-order valence-electron chi connectivity index (χ1n) is 6.58. The third-order valence-electron chi connectivity index (χ3n) is 2.86. The second-order valence-corrected chi connectivity index (χ2v) is 4.74. The van der Waals surface area contributed by atoms with Crippen molar-refractivity contribution in [2.75, 3.05) is 6.61 Å². The van der Waals surface area contributed by atoms with E-state index < -0.39 is 0 Å². The second-order valence-electron chi connectivity index (χ2n) is 4.74. The fourth-order valence-electron chi connectivity index (χ4n) is 2.14. The first-order chi connectivity index (χ1) is 9.69.